The van der Waals surface area contributed by atoms with Gasteiger partial charge in [0, 0.05) is 6.54 Å². The van der Waals surface area contributed by atoms with E-state index < -0.39 is 0 Å². The molecule has 0 aliphatic carbocycles. The lowest BCUT2D eigenvalue weighted by atomic mass is 10.3. The van der Waals surface area contributed by atoms with E-state index in [4.69, 9.17) is 46.3 Å². The zero-order chi connectivity index (χ0) is 9.30. The van der Waals surface area contributed by atoms with E-state index >= 15 is 0 Å². The number of nitrogens with zero attached hydrogens (tertiary/aromatic N) is 1. The molecule has 0 spiro atoms. The third kappa shape index (κ3) is 1.59. The van der Waals surface area contributed by atoms with Crippen LogP contribution in [-0.4, -0.2) is 4.98 Å². The van der Waals surface area contributed by atoms with Crippen molar-refractivity contribution in [1.82, 2.24) is 4.98 Å². The second-order valence-electron chi connectivity index (χ2n) is 2.10. The molecule has 0 amide bonds. The van der Waals surface area contributed by atoms with E-state index in [-0.39, 0.29) is 27.4 Å². The molecule has 0 atom stereocenters. The molecule has 66 valence electrons. The Kier molecular flexibility index (Phi) is 3.01. The van der Waals surface area contributed by atoms with E-state index in [1.807, 2.05) is 0 Å². The molecule has 4 N–H and O–H groups in total. The summed E-state index contributed by atoms with van der Waals surface area (Å²) in [6.07, 6.45) is 0. The second kappa shape index (κ2) is 3.66. The highest BCUT2D eigenvalue weighted by atomic mass is 35.5. The molecule has 3 nitrogen and oxygen atoms in total. The van der Waals surface area contributed by atoms with Gasteiger partial charge in [-0.3, -0.25) is 0 Å². The number of pyridine rings is 1. The molecule has 1 aromatic rings. The van der Waals surface area contributed by atoms with Crippen LogP contribution in [0.5, 0.6) is 0 Å². The minimum absolute atomic E-state index is 0.124. The molecule has 0 bridgehead atoms. The van der Waals surface area contributed by atoms with Gasteiger partial charge in [-0.1, -0.05) is 34.8 Å². The van der Waals surface area contributed by atoms with Gasteiger partial charge in [-0.05, 0) is 0 Å². The fourth-order valence-electron chi connectivity index (χ4n) is 0.715. The Morgan fingerprint density at radius 1 is 1.17 bits per heavy atom. The van der Waals surface area contributed by atoms with Crippen molar-refractivity contribution in [3.8, 4) is 0 Å². The van der Waals surface area contributed by atoms with Crippen molar-refractivity contribution < 1.29 is 0 Å². The lowest BCUT2D eigenvalue weighted by molar-refractivity contribution is 0.993. The highest BCUT2D eigenvalue weighted by Gasteiger charge is 2.12. The number of hydrogen-bond donors (Lipinski definition) is 2. The van der Waals surface area contributed by atoms with E-state index in [1.165, 1.54) is 0 Å². The monoisotopic (exact) mass is 225 g/mol. The van der Waals surface area contributed by atoms with Gasteiger partial charge in [0.05, 0.1) is 16.4 Å². The summed E-state index contributed by atoms with van der Waals surface area (Å²) in [5.41, 5.74) is 11.5. The van der Waals surface area contributed by atoms with Gasteiger partial charge in [0.25, 0.3) is 0 Å². The van der Waals surface area contributed by atoms with Gasteiger partial charge in [0.2, 0.25) is 0 Å². The molecule has 0 radical (unpaired) electrons. The van der Waals surface area contributed by atoms with Gasteiger partial charge in [0.1, 0.15) is 10.2 Å². The van der Waals surface area contributed by atoms with Crippen molar-refractivity contribution in [3.63, 3.8) is 0 Å². The third-order valence-electron chi connectivity index (χ3n) is 1.33. The topological polar surface area (TPSA) is 64.9 Å². The highest BCUT2D eigenvalue weighted by Crippen LogP contribution is 2.33. The zero-order valence-corrected chi connectivity index (χ0v) is 8.21. The molecule has 0 unspecified atom stereocenters. The molecule has 12 heavy (non-hydrogen) atoms. The fourth-order valence-corrected chi connectivity index (χ4v) is 1.32. The predicted molar refractivity (Wildman–Crippen MR) is 51.6 cm³/mol. The molecule has 1 rings (SSSR count). The molecule has 0 fully saturated rings. The number of halogens is 3. The van der Waals surface area contributed by atoms with Crippen LogP contribution < -0.4 is 11.5 Å². The Balaban J connectivity index is 3.39. The average molecular weight is 226 g/mol. The quantitative estimate of drug-likeness (QED) is 0.721. The van der Waals surface area contributed by atoms with Crippen LogP contribution in [0, 0.1) is 0 Å². The van der Waals surface area contributed by atoms with Crippen molar-refractivity contribution in [3.05, 3.63) is 20.9 Å². The van der Waals surface area contributed by atoms with Crippen LogP contribution in [0.15, 0.2) is 0 Å². The molecular formula is C6H6Cl3N3. The van der Waals surface area contributed by atoms with Crippen molar-refractivity contribution in [1.29, 1.82) is 0 Å². The standard InChI is InChI=1S/C6H6Cl3N3/c7-3-2(1-10)12-6(9)4(8)5(3)11/h1,10H2,(H2,11,12). The van der Waals surface area contributed by atoms with Gasteiger partial charge < -0.3 is 11.5 Å². The summed E-state index contributed by atoms with van der Waals surface area (Å²) in [6.45, 7) is 0.180. The number of hydrogen-bond acceptors (Lipinski definition) is 3. The Morgan fingerprint density at radius 3 is 2.25 bits per heavy atom. The minimum Gasteiger partial charge on any atom is -0.396 e. The molecule has 0 saturated carbocycles. The number of nitrogens with two attached hydrogens (primary N) is 2. The van der Waals surface area contributed by atoms with E-state index in [9.17, 15) is 0 Å². The SMILES string of the molecule is NCc1nc(Cl)c(Cl)c(N)c1Cl. The van der Waals surface area contributed by atoms with E-state index in [2.05, 4.69) is 4.98 Å². The maximum atomic E-state index is 5.76. The Labute approximate surface area is 84.6 Å². The van der Waals surface area contributed by atoms with Crippen molar-refractivity contribution >= 4 is 40.5 Å². The molecule has 1 heterocycles. The second-order valence-corrected chi connectivity index (χ2v) is 3.21. The summed E-state index contributed by atoms with van der Waals surface area (Å²) in [6, 6.07) is 0. The molecule has 0 saturated heterocycles. The smallest absolute Gasteiger partial charge is 0.150 e. The third-order valence-corrected chi connectivity index (χ3v) is 2.51. The minimum atomic E-state index is 0.124. The summed E-state index contributed by atoms with van der Waals surface area (Å²) in [5, 5.41) is 0.560. The van der Waals surface area contributed by atoms with Gasteiger partial charge in [-0.15, -0.1) is 0 Å². The number of anilines is 1. The number of nitrogen functional groups attached to an aromatic ring is 1. The van der Waals surface area contributed by atoms with E-state index in [0.29, 0.717) is 5.69 Å². The molecule has 6 heteroatoms. The zero-order valence-electron chi connectivity index (χ0n) is 5.94. The first-order valence-electron chi connectivity index (χ1n) is 3.06. The summed E-state index contributed by atoms with van der Waals surface area (Å²) >= 11 is 17.1. The summed E-state index contributed by atoms with van der Waals surface area (Å²) in [5.74, 6) is 0. The van der Waals surface area contributed by atoms with Crippen LogP contribution in [0.2, 0.25) is 15.2 Å². The van der Waals surface area contributed by atoms with Crippen molar-refractivity contribution in [2.75, 3.05) is 5.73 Å². The number of aromatic nitrogens is 1. The summed E-state index contributed by atoms with van der Waals surface area (Å²) in [4.78, 5) is 3.85. The fraction of sp³-hybridized carbons (Fsp3) is 0.167. The molecular weight excluding hydrogens is 220 g/mol. The molecule has 1 aromatic heterocycles. The summed E-state index contributed by atoms with van der Waals surface area (Å²) in [7, 11) is 0. The maximum absolute atomic E-state index is 5.76. The molecule has 0 aromatic carbocycles. The van der Waals surface area contributed by atoms with Crippen LogP contribution >= 0.6 is 34.8 Å². The number of rotatable bonds is 1. The van der Waals surface area contributed by atoms with Crippen LogP contribution in [0.4, 0.5) is 5.69 Å². The largest absolute Gasteiger partial charge is 0.396 e. The van der Waals surface area contributed by atoms with Gasteiger partial charge in [-0.25, -0.2) is 4.98 Å². The van der Waals surface area contributed by atoms with Gasteiger partial charge in [-0.2, -0.15) is 0 Å². The lowest BCUT2D eigenvalue weighted by Gasteiger charge is -2.06. The maximum Gasteiger partial charge on any atom is 0.150 e. The predicted octanol–water partition coefficient (Wildman–Crippen LogP) is 2.08. The van der Waals surface area contributed by atoms with Gasteiger partial charge in [0.15, 0.2) is 0 Å². The first-order valence-corrected chi connectivity index (χ1v) is 4.20. The van der Waals surface area contributed by atoms with Crippen molar-refractivity contribution in [2.45, 2.75) is 6.54 Å². The average Bonchev–Trinajstić information content (AvgIpc) is 2.08. The van der Waals surface area contributed by atoms with E-state index in [1.54, 1.807) is 0 Å². The first kappa shape index (κ1) is 9.86. The van der Waals surface area contributed by atoms with Crippen molar-refractivity contribution in [2.24, 2.45) is 5.73 Å². The first-order chi connectivity index (χ1) is 5.57. The molecule has 0 aliphatic rings. The van der Waals surface area contributed by atoms with Crippen LogP contribution in [0.25, 0.3) is 0 Å². The molecule has 0 aliphatic heterocycles. The van der Waals surface area contributed by atoms with Crippen LogP contribution in [0.1, 0.15) is 5.69 Å². The Hall–Kier alpha value is -0.220. The Bertz CT molecular complexity index is 313. The lowest BCUT2D eigenvalue weighted by Crippen LogP contribution is -2.03. The van der Waals surface area contributed by atoms with Crippen LogP contribution in [0.3, 0.4) is 0 Å². The van der Waals surface area contributed by atoms with Crippen LogP contribution in [-0.2, 0) is 6.54 Å². The Morgan fingerprint density at radius 2 is 1.75 bits per heavy atom. The summed E-state index contributed by atoms with van der Waals surface area (Å²) < 4.78 is 0. The van der Waals surface area contributed by atoms with E-state index in [0.717, 1.165) is 0 Å². The van der Waals surface area contributed by atoms with Gasteiger partial charge >= 0.3 is 0 Å². The normalized spacial score (nSPS) is 10.3. The highest BCUT2D eigenvalue weighted by molar-refractivity contribution is 6.45.